The van der Waals surface area contributed by atoms with Gasteiger partial charge in [0, 0.05) is 24.3 Å². The van der Waals surface area contributed by atoms with Crippen molar-refractivity contribution in [1.82, 2.24) is 9.47 Å². The van der Waals surface area contributed by atoms with Gasteiger partial charge in [0.2, 0.25) is 0 Å². The molecule has 0 bridgehead atoms. The number of benzene rings is 2. The van der Waals surface area contributed by atoms with Crippen molar-refractivity contribution in [1.29, 1.82) is 0 Å². The topological polar surface area (TPSA) is 71.8 Å². The number of hydrogen-bond donors (Lipinski definition) is 1. The summed E-state index contributed by atoms with van der Waals surface area (Å²) in [5, 5.41) is 10.0. The van der Waals surface area contributed by atoms with Gasteiger partial charge in [-0.15, -0.1) is 0 Å². The SMILES string of the molecule is Cn1ccc2ccc(C(=O)N3CC(Oc4ccc(C(=O)O)cc4)C3)cc21. The molecule has 132 valence electrons. The van der Waals surface area contributed by atoms with Gasteiger partial charge in [-0.3, -0.25) is 4.79 Å². The van der Waals surface area contributed by atoms with Crippen molar-refractivity contribution in [3.8, 4) is 5.75 Å². The van der Waals surface area contributed by atoms with Gasteiger partial charge in [-0.1, -0.05) is 6.07 Å². The van der Waals surface area contributed by atoms with Crippen molar-refractivity contribution >= 4 is 22.8 Å². The number of carbonyl (C=O) groups is 2. The van der Waals surface area contributed by atoms with Crippen LogP contribution in [0.1, 0.15) is 20.7 Å². The molecule has 1 saturated heterocycles. The largest absolute Gasteiger partial charge is 0.487 e. The molecule has 1 N–H and O–H groups in total. The number of carboxylic acid groups (broad SMARTS) is 1. The van der Waals surface area contributed by atoms with E-state index in [0.29, 0.717) is 24.4 Å². The predicted octanol–water partition coefficient (Wildman–Crippen LogP) is 2.78. The number of aromatic carboxylic acids is 1. The fourth-order valence-electron chi connectivity index (χ4n) is 3.13. The Hall–Kier alpha value is -3.28. The van der Waals surface area contributed by atoms with Crippen LogP contribution in [-0.2, 0) is 7.05 Å². The van der Waals surface area contributed by atoms with Crippen LogP contribution >= 0.6 is 0 Å². The summed E-state index contributed by atoms with van der Waals surface area (Å²) in [6, 6.07) is 14.0. The molecule has 1 aliphatic rings. The Morgan fingerprint density at radius 1 is 1.04 bits per heavy atom. The van der Waals surface area contributed by atoms with Crippen molar-refractivity contribution in [3.05, 3.63) is 65.9 Å². The molecule has 6 heteroatoms. The summed E-state index contributed by atoms with van der Waals surface area (Å²) in [6.45, 7) is 1.04. The highest BCUT2D eigenvalue weighted by molar-refractivity contribution is 5.98. The minimum Gasteiger partial charge on any atom is -0.487 e. The molecular formula is C20H18N2O4. The van der Waals surface area contributed by atoms with E-state index in [1.807, 2.05) is 42.1 Å². The Balaban J connectivity index is 1.38. The van der Waals surface area contributed by atoms with E-state index in [-0.39, 0.29) is 17.6 Å². The number of aromatic nitrogens is 1. The van der Waals surface area contributed by atoms with Gasteiger partial charge in [-0.05, 0) is 47.9 Å². The molecule has 1 aliphatic heterocycles. The number of rotatable bonds is 4. The molecule has 0 saturated carbocycles. The first-order valence-corrected chi connectivity index (χ1v) is 8.35. The van der Waals surface area contributed by atoms with E-state index in [1.165, 1.54) is 12.1 Å². The highest BCUT2D eigenvalue weighted by atomic mass is 16.5. The summed E-state index contributed by atoms with van der Waals surface area (Å²) in [5.74, 6) is -0.362. The third-order valence-corrected chi connectivity index (χ3v) is 4.67. The molecule has 3 aromatic rings. The molecule has 2 aromatic carbocycles. The fourth-order valence-corrected chi connectivity index (χ4v) is 3.13. The van der Waals surface area contributed by atoms with Crippen LogP contribution in [-0.4, -0.2) is 45.6 Å². The summed E-state index contributed by atoms with van der Waals surface area (Å²) < 4.78 is 7.78. The number of hydrogen-bond acceptors (Lipinski definition) is 3. The third-order valence-electron chi connectivity index (χ3n) is 4.67. The quantitative estimate of drug-likeness (QED) is 0.785. The maximum atomic E-state index is 12.6. The number of likely N-dealkylation sites (tertiary alicyclic amines) is 1. The van der Waals surface area contributed by atoms with E-state index in [4.69, 9.17) is 9.84 Å². The van der Waals surface area contributed by atoms with Crippen molar-refractivity contribution in [2.75, 3.05) is 13.1 Å². The molecular weight excluding hydrogens is 332 g/mol. The van der Waals surface area contributed by atoms with Gasteiger partial charge in [0.15, 0.2) is 0 Å². The first-order chi connectivity index (χ1) is 12.5. The summed E-state index contributed by atoms with van der Waals surface area (Å²) in [6.07, 6.45) is 1.90. The van der Waals surface area contributed by atoms with Gasteiger partial charge in [0.05, 0.1) is 18.7 Å². The van der Waals surface area contributed by atoms with Gasteiger partial charge in [0.25, 0.3) is 5.91 Å². The van der Waals surface area contributed by atoms with Crippen LogP contribution in [0.25, 0.3) is 10.9 Å². The third kappa shape index (κ3) is 2.90. The average molecular weight is 350 g/mol. The molecule has 26 heavy (non-hydrogen) atoms. The highest BCUT2D eigenvalue weighted by Gasteiger charge is 2.33. The summed E-state index contributed by atoms with van der Waals surface area (Å²) in [7, 11) is 1.96. The number of nitrogens with zero attached hydrogens (tertiary/aromatic N) is 2. The number of carboxylic acids is 1. The normalized spacial score (nSPS) is 14.3. The van der Waals surface area contributed by atoms with E-state index in [1.54, 1.807) is 17.0 Å². The second-order valence-corrected chi connectivity index (χ2v) is 6.48. The molecule has 0 spiro atoms. The predicted molar refractivity (Wildman–Crippen MR) is 96.6 cm³/mol. The zero-order valence-electron chi connectivity index (χ0n) is 14.3. The minimum atomic E-state index is -0.966. The van der Waals surface area contributed by atoms with E-state index in [0.717, 1.165) is 10.9 Å². The number of carbonyl (C=O) groups excluding carboxylic acids is 1. The fraction of sp³-hybridized carbons (Fsp3) is 0.200. The van der Waals surface area contributed by atoms with E-state index >= 15 is 0 Å². The Morgan fingerprint density at radius 3 is 2.42 bits per heavy atom. The zero-order chi connectivity index (χ0) is 18.3. The Kier molecular flexibility index (Phi) is 3.88. The summed E-state index contributed by atoms with van der Waals surface area (Å²) in [4.78, 5) is 25.2. The first-order valence-electron chi connectivity index (χ1n) is 8.35. The summed E-state index contributed by atoms with van der Waals surface area (Å²) in [5.41, 5.74) is 1.92. The first kappa shape index (κ1) is 16.2. The second-order valence-electron chi connectivity index (χ2n) is 6.48. The van der Waals surface area contributed by atoms with Crippen molar-refractivity contribution in [2.45, 2.75) is 6.10 Å². The molecule has 1 amide bonds. The van der Waals surface area contributed by atoms with Gasteiger partial charge >= 0.3 is 5.97 Å². The molecule has 0 radical (unpaired) electrons. The number of amides is 1. The van der Waals surface area contributed by atoms with Crippen LogP contribution in [0.3, 0.4) is 0 Å². The molecule has 1 aromatic heterocycles. The standard InChI is InChI=1S/C20H18N2O4/c1-21-9-8-13-2-3-15(10-18(13)21)19(23)22-11-17(12-22)26-16-6-4-14(5-7-16)20(24)25/h2-10,17H,11-12H2,1H3,(H,24,25). The number of ether oxygens (including phenoxy) is 1. The zero-order valence-corrected chi connectivity index (χ0v) is 14.3. The minimum absolute atomic E-state index is 0.00539. The lowest BCUT2D eigenvalue weighted by Crippen LogP contribution is -2.56. The van der Waals surface area contributed by atoms with Crippen molar-refractivity contribution in [2.24, 2.45) is 7.05 Å². The maximum Gasteiger partial charge on any atom is 0.335 e. The van der Waals surface area contributed by atoms with Crippen molar-refractivity contribution < 1.29 is 19.4 Å². The Labute approximate surface area is 150 Å². The molecule has 2 heterocycles. The lowest BCUT2D eigenvalue weighted by atomic mass is 10.1. The summed E-state index contributed by atoms with van der Waals surface area (Å²) >= 11 is 0. The lowest BCUT2D eigenvalue weighted by molar-refractivity contribution is 0.0178. The lowest BCUT2D eigenvalue weighted by Gasteiger charge is -2.39. The van der Waals surface area contributed by atoms with Crippen LogP contribution < -0.4 is 4.74 Å². The monoisotopic (exact) mass is 350 g/mol. The molecule has 0 aliphatic carbocycles. The van der Waals surface area contributed by atoms with Crippen LogP contribution in [0.15, 0.2) is 54.7 Å². The van der Waals surface area contributed by atoms with Gasteiger partial charge < -0.3 is 19.3 Å². The van der Waals surface area contributed by atoms with Crippen molar-refractivity contribution in [3.63, 3.8) is 0 Å². The van der Waals surface area contributed by atoms with E-state index in [9.17, 15) is 9.59 Å². The molecule has 4 rings (SSSR count). The van der Waals surface area contributed by atoms with Gasteiger partial charge in [0.1, 0.15) is 11.9 Å². The average Bonchev–Trinajstić information content (AvgIpc) is 2.98. The van der Waals surface area contributed by atoms with Gasteiger partial charge in [-0.25, -0.2) is 4.79 Å². The van der Waals surface area contributed by atoms with Crippen LogP contribution in [0, 0.1) is 0 Å². The molecule has 1 fully saturated rings. The van der Waals surface area contributed by atoms with Crippen LogP contribution in [0.5, 0.6) is 5.75 Å². The second kappa shape index (κ2) is 6.22. The molecule has 6 nitrogen and oxygen atoms in total. The Bertz CT molecular complexity index is 985. The van der Waals surface area contributed by atoms with E-state index in [2.05, 4.69) is 0 Å². The molecule has 0 atom stereocenters. The number of aryl methyl sites for hydroxylation is 1. The Morgan fingerprint density at radius 2 is 1.73 bits per heavy atom. The van der Waals surface area contributed by atoms with Crippen LogP contribution in [0.4, 0.5) is 0 Å². The van der Waals surface area contributed by atoms with E-state index < -0.39 is 5.97 Å². The molecule has 0 unspecified atom stereocenters. The number of fused-ring (bicyclic) bond motifs is 1. The highest BCUT2D eigenvalue weighted by Crippen LogP contribution is 2.22. The maximum absolute atomic E-state index is 12.6. The van der Waals surface area contributed by atoms with Crippen LogP contribution in [0.2, 0.25) is 0 Å². The van der Waals surface area contributed by atoms with Gasteiger partial charge in [-0.2, -0.15) is 0 Å². The smallest absolute Gasteiger partial charge is 0.335 e.